The minimum Gasteiger partial charge on any atom is -0.440 e. The van der Waals surface area contributed by atoms with Gasteiger partial charge in [-0.25, -0.2) is 4.98 Å². The largest absolute Gasteiger partial charge is 0.440 e. The number of benzene rings is 1. The first-order valence-corrected chi connectivity index (χ1v) is 6.20. The zero-order chi connectivity index (χ0) is 11.9. The number of oxazole rings is 1. The van der Waals surface area contributed by atoms with Gasteiger partial charge in [0, 0.05) is 10.9 Å². The molecule has 0 N–H and O–H groups in total. The van der Waals surface area contributed by atoms with E-state index in [4.69, 9.17) is 4.42 Å². The summed E-state index contributed by atoms with van der Waals surface area (Å²) >= 11 is 3.47. The first-order chi connectivity index (χ1) is 7.35. The molecule has 16 heavy (non-hydrogen) atoms. The van der Waals surface area contributed by atoms with Crippen LogP contribution in [0, 0.1) is 12.3 Å². The number of nitrogens with zero attached hydrogens (tertiary/aromatic N) is 1. The molecule has 0 saturated heterocycles. The number of halogens is 1. The van der Waals surface area contributed by atoms with Crippen LogP contribution in [-0.2, 0) is 6.42 Å². The molecule has 0 spiro atoms. The summed E-state index contributed by atoms with van der Waals surface area (Å²) in [4.78, 5) is 4.52. The van der Waals surface area contributed by atoms with E-state index in [0.29, 0.717) is 0 Å². The van der Waals surface area contributed by atoms with E-state index in [1.165, 1.54) is 0 Å². The van der Waals surface area contributed by atoms with Gasteiger partial charge in [-0.05, 0) is 30.0 Å². The van der Waals surface area contributed by atoms with Gasteiger partial charge in [0.2, 0.25) is 0 Å². The maximum atomic E-state index is 5.80. The average Bonchev–Trinajstić information content (AvgIpc) is 2.43. The van der Waals surface area contributed by atoms with Gasteiger partial charge >= 0.3 is 0 Å². The molecule has 1 aromatic heterocycles. The van der Waals surface area contributed by atoms with Gasteiger partial charge in [-0.15, -0.1) is 0 Å². The van der Waals surface area contributed by atoms with Crippen LogP contribution in [-0.4, -0.2) is 4.98 Å². The minimum absolute atomic E-state index is 0.200. The van der Waals surface area contributed by atoms with Gasteiger partial charge < -0.3 is 4.42 Å². The van der Waals surface area contributed by atoms with Gasteiger partial charge in [0.1, 0.15) is 5.52 Å². The van der Waals surface area contributed by atoms with Crippen LogP contribution >= 0.6 is 15.9 Å². The third-order valence-electron chi connectivity index (χ3n) is 2.37. The van der Waals surface area contributed by atoms with Crippen LogP contribution in [0.15, 0.2) is 21.0 Å². The Morgan fingerprint density at radius 3 is 2.62 bits per heavy atom. The van der Waals surface area contributed by atoms with Gasteiger partial charge in [-0.1, -0.05) is 36.7 Å². The lowest BCUT2D eigenvalue weighted by Crippen LogP contribution is -2.09. The Labute approximate surface area is 104 Å². The second-order valence-electron chi connectivity index (χ2n) is 5.42. The predicted molar refractivity (Wildman–Crippen MR) is 69.6 cm³/mol. The van der Waals surface area contributed by atoms with Crippen molar-refractivity contribution < 1.29 is 4.42 Å². The molecule has 86 valence electrons. The molecule has 0 aliphatic heterocycles. The third kappa shape index (κ3) is 2.46. The highest BCUT2D eigenvalue weighted by Crippen LogP contribution is 2.27. The van der Waals surface area contributed by atoms with Crippen molar-refractivity contribution in [3.8, 4) is 0 Å². The lowest BCUT2D eigenvalue weighted by Gasteiger charge is -2.14. The van der Waals surface area contributed by atoms with Crippen molar-refractivity contribution in [1.29, 1.82) is 0 Å². The van der Waals surface area contributed by atoms with Crippen LogP contribution in [0.5, 0.6) is 0 Å². The van der Waals surface area contributed by atoms with Crippen LogP contribution in [0.25, 0.3) is 11.1 Å². The molecule has 0 aliphatic carbocycles. The third-order valence-corrected chi connectivity index (χ3v) is 2.82. The van der Waals surface area contributed by atoms with E-state index < -0.39 is 0 Å². The van der Waals surface area contributed by atoms with Gasteiger partial charge in [-0.3, -0.25) is 0 Å². The fourth-order valence-electron chi connectivity index (χ4n) is 1.73. The first-order valence-electron chi connectivity index (χ1n) is 5.41. The molecule has 0 saturated carbocycles. The van der Waals surface area contributed by atoms with Crippen LogP contribution < -0.4 is 0 Å². The molecule has 0 radical (unpaired) electrons. The molecule has 0 bridgehead atoms. The molecule has 2 nitrogen and oxygen atoms in total. The van der Waals surface area contributed by atoms with Crippen molar-refractivity contribution in [1.82, 2.24) is 4.98 Å². The second kappa shape index (κ2) is 3.88. The topological polar surface area (TPSA) is 26.0 Å². The molecule has 0 atom stereocenters. The summed E-state index contributed by atoms with van der Waals surface area (Å²) in [5.41, 5.74) is 3.16. The van der Waals surface area contributed by atoms with Crippen molar-refractivity contribution >= 4 is 27.0 Å². The number of hydrogen-bond donors (Lipinski definition) is 0. The summed E-state index contributed by atoms with van der Waals surface area (Å²) in [6, 6.07) is 4.05. The summed E-state index contributed by atoms with van der Waals surface area (Å²) in [5.74, 6) is 0.823. The molecule has 0 unspecified atom stereocenters. The normalized spacial score (nSPS) is 12.3. The summed E-state index contributed by atoms with van der Waals surface area (Å²) in [6.07, 6.45) is 0.860. The highest BCUT2D eigenvalue weighted by atomic mass is 79.9. The number of hydrogen-bond acceptors (Lipinski definition) is 2. The molecule has 2 rings (SSSR count). The van der Waals surface area contributed by atoms with Gasteiger partial charge in [0.05, 0.1) is 0 Å². The van der Waals surface area contributed by atoms with E-state index >= 15 is 0 Å². The number of rotatable bonds is 1. The van der Waals surface area contributed by atoms with Crippen LogP contribution in [0.4, 0.5) is 0 Å². The van der Waals surface area contributed by atoms with Crippen LogP contribution in [0.1, 0.15) is 32.2 Å². The summed E-state index contributed by atoms with van der Waals surface area (Å²) < 4.78 is 6.85. The summed E-state index contributed by atoms with van der Waals surface area (Å²) in [6.45, 7) is 8.60. The van der Waals surface area contributed by atoms with Crippen LogP contribution in [0.3, 0.4) is 0 Å². The lowest BCUT2D eigenvalue weighted by molar-refractivity contribution is 0.361. The van der Waals surface area contributed by atoms with Gasteiger partial charge in [-0.2, -0.15) is 0 Å². The molecular formula is C13H16BrNO. The number of fused-ring (bicyclic) bond motifs is 1. The van der Waals surface area contributed by atoms with Gasteiger partial charge in [0.15, 0.2) is 11.5 Å². The fourth-order valence-corrected chi connectivity index (χ4v) is 2.29. The van der Waals surface area contributed by atoms with E-state index in [0.717, 1.165) is 33.4 Å². The Morgan fingerprint density at radius 1 is 1.31 bits per heavy atom. The molecule has 3 heteroatoms. The van der Waals surface area contributed by atoms with Crippen LogP contribution in [0.2, 0.25) is 0 Å². The zero-order valence-corrected chi connectivity index (χ0v) is 11.7. The van der Waals surface area contributed by atoms with Crippen molar-refractivity contribution in [2.45, 2.75) is 34.1 Å². The standard InChI is InChI=1S/C13H16BrNO/c1-8-5-9(14)6-10-12(8)16-11(15-10)7-13(2,3)4/h5-6H,7H2,1-4H3. The van der Waals surface area contributed by atoms with E-state index in [1.54, 1.807) is 0 Å². The Morgan fingerprint density at radius 2 is 2.00 bits per heavy atom. The molecule has 0 aliphatic rings. The molecular weight excluding hydrogens is 266 g/mol. The maximum Gasteiger partial charge on any atom is 0.196 e. The molecule has 0 fully saturated rings. The van der Waals surface area contributed by atoms with Gasteiger partial charge in [0.25, 0.3) is 0 Å². The summed E-state index contributed by atoms with van der Waals surface area (Å²) in [5, 5.41) is 0. The Hall–Kier alpha value is -0.830. The Kier molecular flexibility index (Phi) is 2.82. The highest BCUT2D eigenvalue weighted by Gasteiger charge is 2.16. The molecule has 1 heterocycles. The van der Waals surface area contributed by atoms with E-state index in [-0.39, 0.29) is 5.41 Å². The van der Waals surface area contributed by atoms with Crippen molar-refractivity contribution in [2.24, 2.45) is 5.41 Å². The lowest BCUT2D eigenvalue weighted by atomic mass is 9.92. The molecule has 0 amide bonds. The smallest absolute Gasteiger partial charge is 0.196 e. The summed E-state index contributed by atoms with van der Waals surface area (Å²) in [7, 11) is 0. The number of aromatic nitrogens is 1. The maximum absolute atomic E-state index is 5.80. The SMILES string of the molecule is Cc1cc(Br)cc2nc(CC(C)(C)C)oc12. The molecule has 1 aromatic carbocycles. The fraction of sp³-hybridized carbons (Fsp3) is 0.462. The Bertz CT molecular complexity index is 522. The first kappa shape index (κ1) is 11.6. The zero-order valence-electron chi connectivity index (χ0n) is 10.1. The Balaban J connectivity index is 2.48. The minimum atomic E-state index is 0.200. The van der Waals surface area contributed by atoms with E-state index in [9.17, 15) is 0 Å². The average molecular weight is 282 g/mol. The highest BCUT2D eigenvalue weighted by molar-refractivity contribution is 9.10. The van der Waals surface area contributed by atoms with Crippen molar-refractivity contribution in [3.05, 3.63) is 28.1 Å². The van der Waals surface area contributed by atoms with Crippen molar-refractivity contribution in [3.63, 3.8) is 0 Å². The van der Waals surface area contributed by atoms with E-state index in [1.807, 2.05) is 19.1 Å². The van der Waals surface area contributed by atoms with Crippen molar-refractivity contribution in [2.75, 3.05) is 0 Å². The monoisotopic (exact) mass is 281 g/mol. The van der Waals surface area contributed by atoms with E-state index in [2.05, 4.69) is 41.7 Å². The quantitative estimate of drug-likeness (QED) is 0.770. The predicted octanol–water partition coefficient (Wildman–Crippen LogP) is 4.49. The molecule has 2 aromatic rings. The second-order valence-corrected chi connectivity index (χ2v) is 6.33. The number of aryl methyl sites for hydroxylation is 1.